The molecule has 51 heavy (non-hydrogen) atoms. The van der Waals surface area contributed by atoms with Gasteiger partial charge in [0.25, 0.3) is 0 Å². The number of fused-ring (bicyclic) bond motifs is 1. The van der Waals surface area contributed by atoms with Gasteiger partial charge in [-0.1, -0.05) is 0 Å². The quantitative estimate of drug-likeness (QED) is 0.103. The van der Waals surface area contributed by atoms with Crippen LogP contribution in [-0.2, 0) is 18.9 Å². The fourth-order valence-electron chi connectivity index (χ4n) is 6.05. The molecule has 2 aromatic carbocycles. The molecule has 4 heterocycles. The van der Waals surface area contributed by atoms with Crippen LogP contribution in [-0.4, -0.2) is 155 Å². The second-order valence-corrected chi connectivity index (χ2v) is 12.4. The van der Waals surface area contributed by atoms with Gasteiger partial charge < -0.3 is 89.0 Å². The maximum atomic E-state index is 14.0. The normalized spacial score (nSPS) is 37.1. The van der Waals surface area contributed by atoms with Gasteiger partial charge in [-0.3, -0.25) is 4.79 Å². The van der Waals surface area contributed by atoms with Crippen molar-refractivity contribution in [2.45, 2.75) is 92.9 Å². The Labute approximate surface area is 287 Å². The zero-order valence-electron chi connectivity index (χ0n) is 26.6. The third-order valence-electron chi connectivity index (χ3n) is 8.94. The Bertz CT molecular complexity index is 1730. The summed E-state index contributed by atoms with van der Waals surface area (Å²) in [4.78, 5) is 14.0. The van der Waals surface area contributed by atoms with E-state index in [1.54, 1.807) is 0 Å². The van der Waals surface area contributed by atoms with E-state index in [9.17, 15) is 61.0 Å². The molecule has 19 heteroatoms. The first-order valence-electron chi connectivity index (χ1n) is 15.8. The van der Waals surface area contributed by atoms with Crippen molar-refractivity contribution >= 4 is 11.0 Å². The highest BCUT2D eigenvalue weighted by Crippen LogP contribution is 2.39. The van der Waals surface area contributed by atoms with E-state index in [4.69, 9.17) is 32.8 Å². The van der Waals surface area contributed by atoms with Crippen molar-refractivity contribution in [3.8, 4) is 34.3 Å². The molecule has 6 rings (SSSR count). The Morgan fingerprint density at radius 1 is 0.686 bits per heavy atom. The largest absolute Gasteiger partial charge is 0.508 e. The van der Waals surface area contributed by atoms with Crippen LogP contribution in [0.2, 0.25) is 0 Å². The van der Waals surface area contributed by atoms with Crippen LogP contribution in [0.15, 0.2) is 45.6 Å². The zero-order chi connectivity index (χ0) is 36.9. The second kappa shape index (κ2) is 14.8. The van der Waals surface area contributed by atoms with Gasteiger partial charge in [0.1, 0.15) is 89.3 Å². The minimum Gasteiger partial charge on any atom is -0.508 e. The molecular formula is C32H38O19. The summed E-state index contributed by atoms with van der Waals surface area (Å²) in [5.74, 6) is -1.91. The summed E-state index contributed by atoms with van der Waals surface area (Å²) < 4.78 is 39.6. The second-order valence-electron chi connectivity index (χ2n) is 12.4. The molecule has 11 N–H and O–H groups in total. The van der Waals surface area contributed by atoms with E-state index in [-0.39, 0.29) is 28.4 Å². The SMILES string of the molecule is C[C@@H]1O[C@@H](Oc2cc(O)c3c(=O)c(O[C@@H]4O[C@@H](CO)[C@H](O[C@@H]5O[C@H](CO)[C@@H](O)[C@H](O)[C@H]5O)[C@H]4O)c(-c4ccc(O)cc4)oc3c2)[C@H](O)[C@H](O)[C@H]1O. The molecule has 14 atom stereocenters. The molecule has 3 aliphatic heterocycles. The van der Waals surface area contributed by atoms with Gasteiger partial charge in [-0.2, -0.15) is 0 Å². The number of phenolic OH excluding ortho intramolecular Hbond substituents is 2. The number of rotatable bonds is 9. The van der Waals surface area contributed by atoms with Crippen molar-refractivity contribution in [2.24, 2.45) is 0 Å². The van der Waals surface area contributed by atoms with Crippen LogP contribution in [0.5, 0.6) is 23.0 Å². The standard InChI is InChI=1S/C32H38O19/c1-10-19(37)22(40)24(42)30(45-10)46-13-6-14(36)18-15(7-13)47-27(11-2-4-12(35)5-3-11)29(21(18)39)51-32-26(44)28(17(9-34)49-32)50-31-25(43)23(41)20(38)16(8-33)48-31/h2-7,10,16-17,19-20,22-26,28,30-38,40-44H,8-9H2,1H3/t10-,16+,17-,19-,20+,22+,23-,24+,25+,26+,28-,30-,31-,32-/m0/s1. The minimum atomic E-state index is -1.85. The van der Waals surface area contributed by atoms with Gasteiger partial charge >= 0.3 is 0 Å². The first kappa shape index (κ1) is 37.1. The number of hydrogen-bond donors (Lipinski definition) is 11. The first-order valence-corrected chi connectivity index (χ1v) is 15.8. The number of ether oxygens (including phenoxy) is 6. The molecule has 3 fully saturated rings. The van der Waals surface area contributed by atoms with Gasteiger partial charge in [-0.05, 0) is 31.2 Å². The fraction of sp³-hybridized carbons (Fsp3) is 0.531. The summed E-state index contributed by atoms with van der Waals surface area (Å²) in [6, 6.07) is 7.44. The van der Waals surface area contributed by atoms with E-state index in [0.717, 1.165) is 6.07 Å². The molecule has 0 spiro atoms. The first-order chi connectivity index (χ1) is 24.2. The van der Waals surface area contributed by atoms with E-state index < -0.39 is 122 Å². The van der Waals surface area contributed by atoms with Crippen molar-refractivity contribution < 1.29 is 89.0 Å². The Kier molecular flexibility index (Phi) is 10.7. The monoisotopic (exact) mass is 726 g/mol. The van der Waals surface area contributed by atoms with Crippen LogP contribution in [0.4, 0.5) is 0 Å². The Morgan fingerprint density at radius 2 is 1.29 bits per heavy atom. The number of aliphatic hydroxyl groups is 9. The van der Waals surface area contributed by atoms with Crippen LogP contribution < -0.4 is 14.9 Å². The molecule has 3 aliphatic rings. The van der Waals surface area contributed by atoms with Crippen molar-refractivity contribution in [1.82, 2.24) is 0 Å². The zero-order valence-corrected chi connectivity index (χ0v) is 26.6. The summed E-state index contributed by atoms with van der Waals surface area (Å²) in [7, 11) is 0. The third kappa shape index (κ3) is 6.97. The predicted molar refractivity (Wildman–Crippen MR) is 165 cm³/mol. The van der Waals surface area contributed by atoms with Crippen LogP contribution in [0.25, 0.3) is 22.3 Å². The summed E-state index contributed by atoms with van der Waals surface area (Å²) in [6.45, 7) is -0.103. The number of aliphatic hydroxyl groups excluding tert-OH is 9. The Morgan fingerprint density at radius 3 is 1.96 bits per heavy atom. The minimum absolute atomic E-state index is 0.140. The van der Waals surface area contributed by atoms with Gasteiger partial charge in [-0.25, -0.2) is 0 Å². The highest BCUT2D eigenvalue weighted by Gasteiger charge is 2.51. The van der Waals surface area contributed by atoms with E-state index >= 15 is 0 Å². The molecule has 0 amide bonds. The third-order valence-corrected chi connectivity index (χ3v) is 8.94. The van der Waals surface area contributed by atoms with Crippen molar-refractivity contribution in [2.75, 3.05) is 13.2 Å². The lowest BCUT2D eigenvalue weighted by molar-refractivity contribution is -0.318. The highest BCUT2D eigenvalue weighted by molar-refractivity contribution is 5.88. The van der Waals surface area contributed by atoms with Crippen molar-refractivity contribution in [3.05, 3.63) is 46.6 Å². The molecule has 0 aliphatic carbocycles. The van der Waals surface area contributed by atoms with Gasteiger partial charge in [0, 0.05) is 17.7 Å². The predicted octanol–water partition coefficient (Wildman–Crippen LogP) is -3.28. The molecule has 3 saturated heterocycles. The molecular weight excluding hydrogens is 688 g/mol. The number of phenols is 2. The molecule has 1 aromatic heterocycles. The number of hydrogen-bond acceptors (Lipinski definition) is 19. The lowest BCUT2D eigenvalue weighted by atomic mass is 9.99. The van der Waals surface area contributed by atoms with E-state index in [1.165, 1.54) is 37.3 Å². The van der Waals surface area contributed by atoms with Crippen LogP contribution in [0.3, 0.4) is 0 Å². The molecule has 19 nitrogen and oxygen atoms in total. The van der Waals surface area contributed by atoms with Crippen LogP contribution in [0, 0.1) is 0 Å². The molecule has 0 bridgehead atoms. The van der Waals surface area contributed by atoms with Gasteiger partial charge in [-0.15, -0.1) is 0 Å². The molecule has 280 valence electrons. The molecule has 0 unspecified atom stereocenters. The summed E-state index contributed by atoms with van der Waals surface area (Å²) in [5.41, 5.74) is -1.10. The Balaban J connectivity index is 1.33. The summed E-state index contributed by atoms with van der Waals surface area (Å²) >= 11 is 0. The highest BCUT2D eigenvalue weighted by atomic mass is 16.8. The smallest absolute Gasteiger partial charge is 0.239 e. The maximum absolute atomic E-state index is 14.0. The van der Waals surface area contributed by atoms with Gasteiger partial charge in [0.2, 0.25) is 23.8 Å². The molecule has 0 saturated carbocycles. The van der Waals surface area contributed by atoms with Crippen LogP contribution in [0.1, 0.15) is 6.92 Å². The topological polar surface area (TPSA) is 308 Å². The van der Waals surface area contributed by atoms with Gasteiger partial charge in [0.05, 0.1) is 19.3 Å². The van der Waals surface area contributed by atoms with E-state index in [1.807, 2.05) is 0 Å². The van der Waals surface area contributed by atoms with E-state index in [2.05, 4.69) is 0 Å². The summed E-state index contributed by atoms with van der Waals surface area (Å²) in [5, 5.41) is 112. The van der Waals surface area contributed by atoms with Crippen LogP contribution >= 0.6 is 0 Å². The average Bonchev–Trinajstić information content (AvgIpc) is 3.40. The maximum Gasteiger partial charge on any atom is 0.239 e. The Hall–Kier alpha value is -3.67. The lowest BCUT2D eigenvalue weighted by Gasteiger charge is -2.41. The lowest BCUT2D eigenvalue weighted by Crippen LogP contribution is -2.60. The molecule has 3 aromatic rings. The van der Waals surface area contributed by atoms with Gasteiger partial charge in [0.15, 0.2) is 12.1 Å². The van der Waals surface area contributed by atoms with Crippen molar-refractivity contribution in [3.63, 3.8) is 0 Å². The number of aromatic hydroxyl groups is 2. The van der Waals surface area contributed by atoms with Crippen molar-refractivity contribution in [1.29, 1.82) is 0 Å². The average molecular weight is 727 g/mol. The summed E-state index contributed by atoms with van der Waals surface area (Å²) in [6.07, 6.45) is -22.1. The van der Waals surface area contributed by atoms with E-state index in [0.29, 0.717) is 0 Å². The molecule has 0 radical (unpaired) electrons. The number of benzene rings is 2. The fourth-order valence-corrected chi connectivity index (χ4v) is 6.05.